The van der Waals surface area contributed by atoms with Crippen molar-refractivity contribution >= 4 is 78.8 Å². The van der Waals surface area contributed by atoms with Gasteiger partial charge in [0.05, 0.1) is 22.7 Å². The van der Waals surface area contributed by atoms with Crippen LogP contribution in [0.1, 0.15) is 41.7 Å². The predicted octanol–water partition coefficient (Wildman–Crippen LogP) is 10.1. The number of hydrogen-bond acceptors (Lipinski definition) is 2. The Balaban J connectivity index is 1.47. The normalized spacial score (nSPS) is 13.1. The highest BCUT2D eigenvalue weighted by atomic mass is 15.3. The summed E-state index contributed by atoms with van der Waals surface area (Å²) in [5.74, 6) is 0. The van der Waals surface area contributed by atoms with E-state index in [1.54, 1.807) is 0 Å². The standard InChI is InChI=1S/C45H39BN2/c1-6-31-16-19-36(20-17-31)47-40-25-33-12-8-9-13-34(33)26-41(40)48-39-21-18-32(7-2)24-38(39)46(43-29(4)22-28(3)23-30(43)5)44-37-15-11-10-14-35(37)27-42(47)45(44)48/h8-27H,6-7H2,1-5H3. The van der Waals surface area contributed by atoms with Crippen LogP contribution in [0, 0.1) is 20.8 Å². The maximum absolute atomic E-state index is 2.60. The van der Waals surface area contributed by atoms with Gasteiger partial charge in [0.1, 0.15) is 0 Å². The smallest absolute Gasteiger partial charge is 0.248 e. The summed E-state index contributed by atoms with van der Waals surface area (Å²) in [5, 5.41) is 5.09. The van der Waals surface area contributed by atoms with Gasteiger partial charge in [-0.05, 0) is 114 Å². The monoisotopic (exact) mass is 618 g/mol. The molecule has 2 aliphatic heterocycles. The fourth-order valence-corrected chi connectivity index (χ4v) is 8.64. The molecule has 0 atom stereocenters. The van der Waals surface area contributed by atoms with Gasteiger partial charge < -0.3 is 9.80 Å². The molecule has 0 aliphatic carbocycles. The third-order valence-electron chi connectivity index (χ3n) is 10.8. The third-order valence-corrected chi connectivity index (χ3v) is 10.8. The van der Waals surface area contributed by atoms with E-state index >= 15 is 0 Å². The van der Waals surface area contributed by atoms with Crippen molar-refractivity contribution in [2.75, 3.05) is 9.80 Å². The Kier molecular flexibility index (Phi) is 6.56. The molecule has 7 aromatic carbocycles. The molecule has 0 fully saturated rings. The van der Waals surface area contributed by atoms with Gasteiger partial charge in [0.15, 0.2) is 0 Å². The predicted molar refractivity (Wildman–Crippen MR) is 208 cm³/mol. The number of benzene rings is 7. The number of fused-ring (bicyclic) bond motifs is 7. The van der Waals surface area contributed by atoms with Crippen molar-refractivity contribution in [1.29, 1.82) is 0 Å². The van der Waals surface area contributed by atoms with Gasteiger partial charge in [0.25, 0.3) is 0 Å². The molecule has 7 aromatic rings. The molecule has 9 rings (SSSR count). The van der Waals surface area contributed by atoms with Gasteiger partial charge >= 0.3 is 0 Å². The molecule has 2 nitrogen and oxygen atoms in total. The fraction of sp³-hybridized carbons (Fsp3) is 0.156. The summed E-state index contributed by atoms with van der Waals surface area (Å²) in [6.07, 6.45) is 2.02. The lowest BCUT2D eigenvalue weighted by atomic mass is 9.33. The Bertz CT molecular complexity index is 2400. The van der Waals surface area contributed by atoms with Crippen molar-refractivity contribution in [2.45, 2.75) is 47.5 Å². The van der Waals surface area contributed by atoms with E-state index in [9.17, 15) is 0 Å². The highest BCUT2D eigenvalue weighted by molar-refractivity contribution is 7.00. The van der Waals surface area contributed by atoms with Gasteiger partial charge in [0, 0.05) is 11.4 Å². The second kappa shape index (κ2) is 10.9. The molecule has 0 saturated heterocycles. The van der Waals surface area contributed by atoms with Crippen LogP contribution in [0.4, 0.5) is 34.1 Å². The van der Waals surface area contributed by atoms with E-state index in [1.165, 1.54) is 99.9 Å². The molecular formula is C45H39BN2. The largest absolute Gasteiger partial charge is 0.307 e. The first-order chi connectivity index (χ1) is 23.4. The highest BCUT2D eigenvalue weighted by Gasteiger charge is 2.43. The Hall–Kier alpha value is -5.28. The van der Waals surface area contributed by atoms with Crippen molar-refractivity contribution in [3.8, 4) is 0 Å². The molecule has 3 heteroatoms. The lowest BCUT2D eigenvalue weighted by Gasteiger charge is -2.46. The van der Waals surface area contributed by atoms with Crippen molar-refractivity contribution in [1.82, 2.24) is 0 Å². The summed E-state index contributed by atoms with van der Waals surface area (Å²) in [4.78, 5) is 5.13. The third kappa shape index (κ3) is 4.20. The zero-order valence-electron chi connectivity index (χ0n) is 28.4. The molecule has 0 radical (unpaired) electrons. The lowest BCUT2D eigenvalue weighted by molar-refractivity contribution is 1.13. The molecule has 0 N–H and O–H groups in total. The molecule has 2 aliphatic rings. The van der Waals surface area contributed by atoms with E-state index in [0.29, 0.717) is 0 Å². The number of anilines is 6. The van der Waals surface area contributed by atoms with Crippen LogP contribution in [-0.4, -0.2) is 6.71 Å². The van der Waals surface area contributed by atoms with E-state index < -0.39 is 0 Å². The van der Waals surface area contributed by atoms with Crippen LogP contribution in [0.15, 0.2) is 121 Å². The Morgan fingerprint density at radius 3 is 1.75 bits per heavy atom. The summed E-state index contributed by atoms with van der Waals surface area (Å²) < 4.78 is 0. The van der Waals surface area contributed by atoms with Crippen molar-refractivity contribution in [3.63, 3.8) is 0 Å². The first-order valence-corrected chi connectivity index (χ1v) is 17.4. The van der Waals surface area contributed by atoms with E-state index in [-0.39, 0.29) is 6.71 Å². The SMILES string of the molecule is CCc1ccc(N2c3cc4ccccc4cc3N3c4ccc(CC)cc4B(c4c(C)cc(C)cc4C)c4c3c2cc2ccccc42)cc1. The number of rotatable bonds is 4. The van der Waals surface area contributed by atoms with Crippen LogP contribution < -0.4 is 26.2 Å². The quantitative estimate of drug-likeness (QED) is 0.181. The number of hydrogen-bond donors (Lipinski definition) is 0. The fourth-order valence-electron chi connectivity index (χ4n) is 8.64. The van der Waals surface area contributed by atoms with Crippen molar-refractivity contribution < 1.29 is 0 Å². The summed E-state index contributed by atoms with van der Waals surface area (Å²) in [6, 6.07) is 46.3. The van der Waals surface area contributed by atoms with E-state index in [4.69, 9.17) is 0 Å². The number of aryl methyl sites for hydroxylation is 5. The van der Waals surface area contributed by atoms with Crippen LogP contribution in [0.2, 0.25) is 0 Å². The Labute approximate surface area is 284 Å². The van der Waals surface area contributed by atoms with Crippen LogP contribution >= 0.6 is 0 Å². The van der Waals surface area contributed by atoms with Gasteiger partial charge in [-0.2, -0.15) is 0 Å². The Morgan fingerprint density at radius 1 is 0.500 bits per heavy atom. The number of nitrogens with zero attached hydrogens (tertiary/aromatic N) is 2. The molecule has 0 spiro atoms. The molecule has 48 heavy (non-hydrogen) atoms. The topological polar surface area (TPSA) is 6.48 Å². The summed E-state index contributed by atoms with van der Waals surface area (Å²) in [5.41, 5.74) is 18.4. The molecule has 0 saturated carbocycles. The Morgan fingerprint density at radius 2 is 1.08 bits per heavy atom. The molecule has 0 bridgehead atoms. The van der Waals surface area contributed by atoms with E-state index in [2.05, 4.69) is 166 Å². The maximum Gasteiger partial charge on any atom is 0.248 e. The highest BCUT2D eigenvalue weighted by Crippen LogP contribution is 2.56. The molecule has 0 aromatic heterocycles. The summed E-state index contributed by atoms with van der Waals surface area (Å²) in [6.45, 7) is 11.4. The zero-order chi connectivity index (χ0) is 32.7. The van der Waals surface area contributed by atoms with Gasteiger partial charge in [-0.25, -0.2) is 0 Å². The minimum absolute atomic E-state index is 0.0922. The average molecular weight is 619 g/mol. The lowest BCUT2D eigenvalue weighted by Crippen LogP contribution is -2.59. The van der Waals surface area contributed by atoms with Crippen LogP contribution in [0.3, 0.4) is 0 Å². The van der Waals surface area contributed by atoms with Gasteiger partial charge in [0.2, 0.25) is 6.71 Å². The summed E-state index contributed by atoms with van der Waals surface area (Å²) in [7, 11) is 0. The van der Waals surface area contributed by atoms with Crippen LogP contribution in [0.25, 0.3) is 21.5 Å². The second-order valence-corrected chi connectivity index (χ2v) is 13.8. The molecule has 0 unspecified atom stereocenters. The second-order valence-electron chi connectivity index (χ2n) is 13.8. The van der Waals surface area contributed by atoms with E-state index in [1.807, 2.05) is 0 Å². The first kappa shape index (κ1) is 28.9. The molecule has 232 valence electrons. The maximum atomic E-state index is 2.60. The molecule has 0 amide bonds. The van der Waals surface area contributed by atoms with Gasteiger partial charge in [-0.3, -0.25) is 0 Å². The zero-order valence-corrected chi connectivity index (χ0v) is 28.4. The van der Waals surface area contributed by atoms with Gasteiger partial charge in [-0.15, -0.1) is 0 Å². The minimum atomic E-state index is 0.0922. The van der Waals surface area contributed by atoms with Gasteiger partial charge in [-0.1, -0.05) is 121 Å². The van der Waals surface area contributed by atoms with E-state index in [0.717, 1.165) is 12.8 Å². The van der Waals surface area contributed by atoms with Crippen molar-refractivity contribution in [2.24, 2.45) is 0 Å². The first-order valence-electron chi connectivity index (χ1n) is 17.4. The summed E-state index contributed by atoms with van der Waals surface area (Å²) >= 11 is 0. The molecule has 2 heterocycles. The minimum Gasteiger partial charge on any atom is -0.307 e. The van der Waals surface area contributed by atoms with Crippen LogP contribution in [-0.2, 0) is 12.8 Å². The molecular weight excluding hydrogens is 579 g/mol. The van der Waals surface area contributed by atoms with Crippen molar-refractivity contribution in [3.05, 3.63) is 149 Å². The average Bonchev–Trinajstić information content (AvgIpc) is 3.10. The van der Waals surface area contributed by atoms with Crippen LogP contribution in [0.5, 0.6) is 0 Å².